The van der Waals surface area contributed by atoms with Gasteiger partial charge in [0.1, 0.15) is 0 Å². The second-order valence-corrected chi connectivity index (χ2v) is 7.42. The summed E-state index contributed by atoms with van der Waals surface area (Å²) in [5.41, 5.74) is 5.26. The summed E-state index contributed by atoms with van der Waals surface area (Å²) in [5.74, 6) is -0.212. The molecule has 0 saturated heterocycles. The van der Waals surface area contributed by atoms with E-state index in [0.29, 0.717) is 25.3 Å². The number of nitrogens with zero attached hydrogens (tertiary/aromatic N) is 2. The molecule has 2 aromatic carbocycles. The van der Waals surface area contributed by atoms with Gasteiger partial charge >= 0.3 is 0 Å². The number of aromatic nitrogens is 1. The Hall–Kier alpha value is -2.24. The maximum Gasteiger partial charge on any atom is 0.279 e. The molecule has 0 bridgehead atoms. The van der Waals surface area contributed by atoms with Crippen molar-refractivity contribution in [3.63, 3.8) is 0 Å². The smallest absolute Gasteiger partial charge is 0.279 e. The zero-order valence-electron chi connectivity index (χ0n) is 15.7. The van der Waals surface area contributed by atoms with Crippen LogP contribution in [0.1, 0.15) is 34.0 Å². The predicted octanol–water partition coefficient (Wildman–Crippen LogP) is 4.41. The lowest BCUT2D eigenvalue weighted by Gasteiger charge is -2.07. The van der Waals surface area contributed by atoms with Crippen LogP contribution in [0, 0.1) is 20.8 Å². The van der Waals surface area contributed by atoms with Crippen LogP contribution in [0.15, 0.2) is 41.4 Å². The third kappa shape index (κ3) is 3.94. The molecule has 0 aliphatic rings. The molecule has 0 spiro atoms. The lowest BCUT2D eigenvalue weighted by Crippen LogP contribution is -2.19. The Morgan fingerprint density at radius 3 is 2.54 bits per heavy atom. The summed E-state index contributed by atoms with van der Waals surface area (Å²) in [4.78, 5) is 17.8. The standard InChI is InChI=1S/C21H24N2O2S/c1-5-25-11-10-23-18-13-15(3)12-16(4)19(18)26-21(23)22-20(24)17-8-6-14(2)7-9-17/h6-9,12-13H,5,10-11H2,1-4H3. The van der Waals surface area contributed by atoms with Crippen molar-refractivity contribution in [2.75, 3.05) is 13.2 Å². The van der Waals surface area contributed by atoms with Gasteiger partial charge in [-0.25, -0.2) is 0 Å². The number of ether oxygens (including phenoxy) is 1. The Kier molecular flexibility index (Phi) is 5.69. The SMILES string of the molecule is CCOCCn1c(=NC(=O)c2ccc(C)cc2)sc2c(C)cc(C)cc21. The summed E-state index contributed by atoms with van der Waals surface area (Å²) in [5, 5.41) is 0. The van der Waals surface area contributed by atoms with E-state index in [0.717, 1.165) is 15.9 Å². The first-order chi connectivity index (χ1) is 12.5. The van der Waals surface area contributed by atoms with E-state index < -0.39 is 0 Å². The Labute approximate surface area is 157 Å². The van der Waals surface area contributed by atoms with Crippen LogP contribution in [0.25, 0.3) is 10.2 Å². The lowest BCUT2D eigenvalue weighted by molar-refractivity contribution is 0.0996. The first-order valence-corrected chi connectivity index (χ1v) is 9.65. The van der Waals surface area contributed by atoms with Crippen LogP contribution in [0.4, 0.5) is 0 Å². The highest BCUT2D eigenvalue weighted by Gasteiger charge is 2.11. The minimum atomic E-state index is -0.212. The molecule has 1 aromatic heterocycles. The van der Waals surface area contributed by atoms with E-state index in [1.165, 1.54) is 15.8 Å². The van der Waals surface area contributed by atoms with Crippen LogP contribution in [0.5, 0.6) is 0 Å². The number of thiazole rings is 1. The second-order valence-electron chi connectivity index (χ2n) is 6.45. The third-order valence-electron chi connectivity index (χ3n) is 4.27. The Bertz CT molecular complexity index is 997. The van der Waals surface area contributed by atoms with Gasteiger partial charge in [0.2, 0.25) is 0 Å². The van der Waals surface area contributed by atoms with E-state index in [-0.39, 0.29) is 5.91 Å². The van der Waals surface area contributed by atoms with Gasteiger partial charge in [-0.05, 0) is 57.0 Å². The molecule has 0 saturated carbocycles. The van der Waals surface area contributed by atoms with E-state index in [1.54, 1.807) is 11.3 Å². The average Bonchev–Trinajstić information content (AvgIpc) is 2.93. The van der Waals surface area contributed by atoms with Crippen LogP contribution in [-0.2, 0) is 11.3 Å². The number of rotatable bonds is 5. The van der Waals surface area contributed by atoms with E-state index in [1.807, 2.05) is 38.1 Å². The zero-order chi connectivity index (χ0) is 18.7. The van der Waals surface area contributed by atoms with Crippen LogP contribution in [0.3, 0.4) is 0 Å². The molecular formula is C21H24N2O2S. The van der Waals surface area contributed by atoms with Gasteiger partial charge in [0, 0.05) is 18.7 Å². The highest BCUT2D eigenvalue weighted by Crippen LogP contribution is 2.23. The number of benzene rings is 2. The van der Waals surface area contributed by atoms with Crippen molar-refractivity contribution in [1.82, 2.24) is 4.57 Å². The number of carbonyl (C=O) groups is 1. The van der Waals surface area contributed by atoms with Gasteiger partial charge < -0.3 is 9.30 Å². The molecule has 26 heavy (non-hydrogen) atoms. The average molecular weight is 369 g/mol. The molecule has 3 rings (SSSR count). The molecular weight excluding hydrogens is 344 g/mol. The highest BCUT2D eigenvalue weighted by molar-refractivity contribution is 7.16. The van der Waals surface area contributed by atoms with Crippen molar-refractivity contribution in [1.29, 1.82) is 0 Å². The Balaban J connectivity index is 2.10. The molecule has 0 aliphatic heterocycles. The highest BCUT2D eigenvalue weighted by atomic mass is 32.1. The molecule has 4 nitrogen and oxygen atoms in total. The summed E-state index contributed by atoms with van der Waals surface area (Å²) in [7, 11) is 0. The topological polar surface area (TPSA) is 43.6 Å². The molecule has 3 aromatic rings. The molecule has 0 fully saturated rings. The van der Waals surface area contributed by atoms with Crippen molar-refractivity contribution in [3.05, 3.63) is 63.5 Å². The molecule has 0 unspecified atom stereocenters. The van der Waals surface area contributed by atoms with Gasteiger partial charge in [0.05, 0.1) is 16.8 Å². The minimum Gasteiger partial charge on any atom is -0.380 e. The van der Waals surface area contributed by atoms with Crippen molar-refractivity contribution in [3.8, 4) is 0 Å². The van der Waals surface area contributed by atoms with Crippen molar-refractivity contribution in [2.45, 2.75) is 34.2 Å². The molecule has 1 amide bonds. The summed E-state index contributed by atoms with van der Waals surface area (Å²) in [6.45, 7) is 10.1. The fourth-order valence-corrected chi connectivity index (χ4v) is 4.07. The molecule has 0 atom stereocenters. The van der Waals surface area contributed by atoms with E-state index in [9.17, 15) is 4.79 Å². The monoisotopic (exact) mass is 368 g/mol. The number of carbonyl (C=O) groups excluding carboxylic acids is 1. The molecule has 136 valence electrons. The van der Waals surface area contributed by atoms with Gasteiger partial charge in [0.15, 0.2) is 4.80 Å². The van der Waals surface area contributed by atoms with E-state index in [2.05, 4.69) is 35.5 Å². The number of fused-ring (bicyclic) bond motifs is 1. The van der Waals surface area contributed by atoms with Crippen LogP contribution >= 0.6 is 11.3 Å². The number of hydrogen-bond donors (Lipinski definition) is 0. The first-order valence-electron chi connectivity index (χ1n) is 8.83. The Morgan fingerprint density at radius 1 is 1.12 bits per heavy atom. The summed E-state index contributed by atoms with van der Waals surface area (Å²) in [6.07, 6.45) is 0. The first kappa shape index (κ1) is 18.5. The summed E-state index contributed by atoms with van der Waals surface area (Å²) in [6, 6.07) is 11.8. The normalized spacial score (nSPS) is 12.1. The fourth-order valence-electron chi connectivity index (χ4n) is 2.96. The molecule has 5 heteroatoms. The number of amides is 1. The van der Waals surface area contributed by atoms with Crippen LogP contribution in [0.2, 0.25) is 0 Å². The number of hydrogen-bond acceptors (Lipinski definition) is 3. The van der Waals surface area contributed by atoms with E-state index >= 15 is 0 Å². The second kappa shape index (κ2) is 7.98. The zero-order valence-corrected chi connectivity index (χ0v) is 16.5. The summed E-state index contributed by atoms with van der Waals surface area (Å²) < 4.78 is 8.80. The molecule has 0 aliphatic carbocycles. The quantitative estimate of drug-likeness (QED) is 0.626. The van der Waals surface area contributed by atoms with Crippen LogP contribution in [-0.4, -0.2) is 23.7 Å². The maximum absolute atomic E-state index is 12.6. The van der Waals surface area contributed by atoms with Gasteiger partial charge in [-0.1, -0.05) is 35.1 Å². The minimum absolute atomic E-state index is 0.212. The third-order valence-corrected chi connectivity index (χ3v) is 5.50. The Morgan fingerprint density at radius 2 is 1.85 bits per heavy atom. The lowest BCUT2D eigenvalue weighted by atomic mass is 10.1. The van der Waals surface area contributed by atoms with Crippen molar-refractivity contribution >= 4 is 27.5 Å². The molecule has 0 N–H and O–H groups in total. The van der Waals surface area contributed by atoms with Crippen LogP contribution < -0.4 is 4.80 Å². The predicted molar refractivity (Wildman–Crippen MR) is 107 cm³/mol. The molecule has 0 radical (unpaired) electrons. The van der Waals surface area contributed by atoms with Gasteiger partial charge in [0.25, 0.3) is 5.91 Å². The molecule has 1 heterocycles. The summed E-state index contributed by atoms with van der Waals surface area (Å²) >= 11 is 1.56. The fraction of sp³-hybridized carbons (Fsp3) is 0.333. The van der Waals surface area contributed by atoms with E-state index in [4.69, 9.17) is 4.74 Å². The van der Waals surface area contributed by atoms with Gasteiger partial charge in [-0.2, -0.15) is 4.99 Å². The van der Waals surface area contributed by atoms with Gasteiger partial charge in [-0.3, -0.25) is 4.79 Å². The van der Waals surface area contributed by atoms with Crippen molar-refractivity contribution in [2.24, 2.45) is 4.99 Å². The maximum atomic E-state index is 12.6. The van der Waals surface area contributed by atoms with Crippen molar-refractivity contribution < 1.29 is 9.53 Å². The van der Waals surface area contributed by atoms with Gasteiger partial charge in [-0.15, -0.1) is 0 Å². The number of aryl methyl sites for hydroxylation is 3. The largest absolute Gasteiger partial charge is 0.380 e.